The summed E-state index contributed by atoms with van der Waals surface area (Å²) < 4.78 is 39.9. The molecule has 2 aromatic heterocycles. The third-order valence-corrected chi connectivity index (χ3v) is 5.34. The van der Waals surface area contributed by atoms with E-state index in [1.54, 1.807) is 0 Å². The smallest absolute Gasteiger partial charge is 0.475 e. The molecular weight excluding hydrogens is 413 g/mol. The Morgan fingerprint density at radius 2 is 2.00 bits per heavy atom. The largest absolute Gasteiger partial charge is 0.490 e. The fourth-order valence-corrected chi connectivity index (χ4v) is 3.60. The number of halogens is 3. The third kappa shape index (κ3) is 6.68. The fourth-order valence-electron chi connectivity index (χ4n) is 3.60. The maximum absolute atomic E-state index is 10.6. The maximum Gasteiger partial charge on any atom is 0.490 e. The second kappa shape index (κ2) is 9.67. The van der Waals surface area contributed by atoms with Crippen molar-refractivity contribution in [1.82, 2.24) is 14.8 Å². The summed E-state index contributed by atoms with van der Waals surface area (Å²) in [6.07, 6.45) is 3.99. The van der Waals surface area contributed by atoms with E-state index in [9.17, 15) is 13.2 Å². The van der Waals surface area contributed by atoms with Gasteiger partial charge in [0.15, 0.2) is 0 Å². The molecule has 2 aromatic rings. The molecule has 7 nitrogen and oxygen atoms in total. The Morgan fingerprint density at radius 1 is 1.29 bits per heavy atom. The minimum atomic E-state index is -5.08. The van der Waals surface area contributed by atoms with Crippen LogP contribution >= 0.6 is 0 Å². The van der Waals surface area contributed by atoms with Gasteiger partial charge in [0.25, 0.3) is 0 Å². The normalized spacial score (nSPS) is 21.0. The van der Waals surface area contributed by atoms with Crippen LogP contribution in [0, 0.1) is 12.8 Å². The van der Waals surface area contributed by atoms with E-state index in [-0.39, 0.29) is 6.10 Å². The van der Waals surface area contributed by atoms with Crippen molar-refractivity contribution in [2.24, 2.45) is 13.0 Å². The summed E-state index contributed by atoms with van der Waals surface area (Å²) >= 11 is 0. The highest BCUT2D eigenvalue weighted by Crippen LogP contribution is 2.33. The van der Waals surface area contributed by atoms with Crippen LogP contribution in [0.1, 0.15) is 30.5 Å². The van der Waals surface area contributed by atoms with Crippen molar-refractivity contribution in [1.29, 1.82) is 0 Å². The van der Waals surface area contributed by atoms with Crippen molar-refractivity contribution >= 4 is 11.8 Å². The van der Waals surface area contributed by atoms with Gasteiger partial charge in [0, 0.05) is 32.1 Å². The molecule has 4 rings (SSSR count). The minimum Gasteiger partial charge on any atom is -0.475 e. The van der Waals surface area contributed by atoms with Crippen molar-refractivity contribution in [2.45, 2.75) is 50.9 Å². The number of carboxylic acid groups (broad SMARTS) is 1. The van der Waals surface area contributed by atoms with Gasteiger partial charge in [-0.3, -0.25) is 4.68 Å². The topological polar surface area (TPSA) is 80.5 Å². The number of ether oxygens (including phenoxy) is 1. The molecule has 170 valence electrons. The van der Waals surface area contributed by atoms with Crippen molar-refractivity contribution in [3.63, 3.8) is 0 Å². The van der Waals surface area contributed by atoms with Crippen LogP contribution in [0.25, 0.3) is 0 Å². The van der Waals surface area contributed by atoms with Gasteiger partial charge < -0.3 is 14.7 Å². The van der Waals surface area contributed by atoms with Crippen LogP contribution < -0.4 is 4.90 Å². The number of rotatable bonds is 6. The molecule has 1 saturated carbocycles. The summed E-state index contributed by atoms with van der Waals surface area (Å²) in [5.74, 6) is -0.885. The highest BCUT2D eigenvalue weighted by Gasteiger charge is 2.38. The average molecular weight is 440 g/mol. The van der Waals surface area contributed by atoms with Gasteiger partial charge in [-0.05, 0) is 56.2 Å². The Balaban J connectivity index is 0.000000339. The first-order valence-corrected chi connectivity index (χ1v) is 10.2. The maximum atomic E-state index is 10.6. The molecule has 0 unspecified atom stereocenters. The second-order valence-electron chi connectivity index (χ2n) is 8.03. The van der Waals surface area contributed by atoms with Gasteiger partial charge in [0.2, 0.25) is 0 Å². The van der Waals surface area contributed by atoms with E-state index in [0.717, 1.165) is 43.4 Å². The highest BCUT2D eigenvalue weighted by molar-refractivity contribution is 5.73. The second-order valence-corrected chi connectivity index (χ2v) is 8.03. The van der Waals surface area contributed by atoms with Gasteiger partial charge in [-0.25, -0.2) is 9.78 Å². The van der Waals surface area contributed by atoms with E-state index < -0.39 is 12.1 Å². The first-order chi connectivity index (χ1) is 14.6. The number of carbonyl (C=O) groups is 1. The van der Waals surface area contributed by atoms with E-state index in [4.69, 9.17) is 19.6 Å². The molecule has 31 heavy (non-hydrogen) atoms. The molecule has 0 spiro atoms. The molecule has 2 atom stereocenters. The van der Waals surface area contributed by atoms with Gasteiger partial charge in [-0.1, -0.05) is 6.07 Å². The lowest BCUT2D eigenvalue weighted by Crippen LogP contribution is -2.39. The molecule has 10 heteroatoms. The van der Waals surface area contributed by atoms with Crippen LogP contribution in [0.2, 0.25) is 0 Å². The molecular formula is C21H27F3N4O3. The van der Waals surface area contributed by atoms with Crippen LogP contribution in [-0.4, -0.2) is 57.3 Å². The molecule has 3 heterocycles. The van der Waals surface area contributed by atoms with Crippen LogP contribution in [0.5, 0.6) is 0 Å². The summed E-state index contributed by atoms with van der Waals surface area (Å²) in [7, 11) is 1.97. The van der Waals surface area contributed by atoms with E-state index in [2.05, 4.69) is 41.3 Å². The Labute approximate surface area is 178 Å². The predicted octanol–water partition coefficient (Wildman–Crippen LogP) is 3.37. The number of alkyl halides is 3. The average Bonchev–Trinajstić information content (AvgIpc) is 3.31. The molecule has 1 N–H and O–H groups in total. The Hall–Kier alpha value is -2.62. The molecule has 1 aliphatic carbocycles. The number of aliphatic carboxylic acids is 1. The summed E-state index contributed by atoms with van der Waals surface area (Å²) in [5, 5.41) is 11.4. The molecule has 1 saturated heterocycles. The lowest BCUT2D eigenvalue weighted by molar-refractivity contribution is -0.192. The fraction of sp³-hybridized carbons (Fsp3) is 0.571. The lowest BCUT2D eigenvalue weighted by Gasteiger charge is -2.29. The molecule has 0 aromatic carbocycles. The van der Waals surface area contributed by atoms with Crippen molar-refractivity contribution < 1.29 is 27.8 Å². The Kier molecular flexibility index (Phi) is 7.19. The van der Waals surface area contributed by atoms with Crippen molar-refractivity contribution in [3.05, 3.63) is 41.9 Å². The zero-order valence-corrected chi connectivity index (χ0v) is 17.5. The van der Waals surface area contributed by atoms with E-state index in [1.807, 2.05) is 17.9 Å². The third-order valence-electron chi connectivity index (χ3n) is 5.34. The number of nitrogens with zero attached hydrogens (tertiary/aromatic N) is 4. The first-order valence-electron chi connectivity index (χ1n) is 10.2. The molecule has 0 bridgehead atoms. The van der Waals surface area contributed by atoms with Crippen LogP contribution in [0.3, 0.4) is 0 Å². The minimum absolute atomic E-state index is 0.285. The highest BCUT2D eigenvalue weighted by atomic mass is 19.4. The quantitative estimate of drug-likeness (QED) is 0.742. The number of hydrogen-bond donors (Lipinski definition) is 1. The number of hydrogen-bond acceptors (Lipinski definition) is 5. The number of aromatic nitrogens is 3. The lowest BCUT2D eigenvalue weighted by atomic mass is 10.0. The van der Waals surface area contributed by atoms with Crippen LogP contribution in [-0.2, 0) is 23.0 Å². The number of anilines is 1. The van der Waals surface area contributed by atoms with Crippen molar-refractivity contribution in [2.75, 3.05) is 18.1 Å². The summed E-state index contributed by atoms with van der Waals surface area (Å²) in [5.41, 5.74) is 2.33. The molecule has 2 aliphatic rings. The zero-order chi connectivity index (χ0) is 22.6. The van der Waals surface area contributed by atoms with E-state index in [1.165, 1.54) is 18.4 Å². The Bertz CT molecular complexity index is 883. The van der Waals surface area contributed by atoms with Gasteiger partial charge in [-0.15, -0.1) is 0 Å². The molecule has 0 amide bonds. The molecule has 2 fully saturated rings. The monoisotopic (exact) mass is 440 g/mol. The number of aryl methyl sites for hydroxylation is 2. The number of carboxylic acids is 1. The SMILES string of the molecule is Cc1cccc(N2CC[C@H](OCC3CC3)[C@@H]2Cc2cnn(C)c2)n1.O=C(O)C(F)(F)F. The summed E-state index contributed by atoms with van der Waals surface area (Å²) in [6, 6.07) is 6.60. The van der Waals surface area contributed by atoms with E-state index >= 15 is 0 Å². The standard InChI is InChI=1S/C19H26N4O.C2HF3O2/c1-14-4-3-5-19(21-14)23-9-8-18(24-13-15-6-7-15)17(23)10-16-11-20-22(2)12-16;3-2(4,5)1(6)7/h3-5,11-12,15,17-18H,6-10,13H2,1-2H3;(H,6,7)/t17-,18-;/m0./s1. The Morgan fingerprint density at radius 3 is 2.55 bits per heavy atom. The molecule has 0 radical (unpaired) electrons. The van der Waals surface area contributed by atoms with Gasteiger partial charge in [0.05, 0.1) is 18.3 Å². The summed E-state index contributed by atoms with van der Waals surface area (Å²) in [6.45, 7) is 3.98. The van der Waals surface area contributed by atoms with E-state index in [0.29, 0.717) is 6.04 Å². The van der Waals surface area contributed by atoms with Crippen molar-refractivity contribution in [3.8, 4) is 0 Å². The van der Waals surface area contributed by atoms with Crippen LogP contribution in [0.4, 0.5) is 19.0 Å². The van der Waals surface area contributed by atoms with Gasteiger partial charge in [0.1, 0.15) is 5.82 Å². The molecule has 1 aliphatic heterocycles. The first kappa shape index (κ1) is 23.1. The van der Waals surface area contributed by atoms with Crippen LogP contribution in [0.15, 0.2) is 30.6 Å². The number of pyridine rings is 1. The van der Waals surface area contributed by atoms with Gasteiger partial charge >= 0.3 is 12.1 Å². The predicted molar refractivity (Wildman–Crippen MR) is 108 cm³/mol. The summed E-state index contributed by atoms with van der Waals surface area (Å²) in [4.78, 5) is 16.1. The zero-order valence-electron chi connectivity index (χ0n) is 17.5. The van der Waals surface area contributed by atoms with Gasteiger partial charge in [-0.2, -0.15) is 18.3 Å².